The highest BCUT2D eigenvalue weighted by atomic mass is 16.5. The van der Waals surface area contributed by atoms with Gasteiger partial charge in [-0.15, -0.1) is 0 Å². The van der Waals surface area contributed by atoms with Crippen LogP contribution in [0, 0.1) is 0 Å². The summed E-state index contributed by atoms with van der Waals surface area (Å²) in [7, 11) is 0. The smallest absolute Gasteiger partial charge is 0.122 e. The number of anilines is 1. The van der Waals surface area contributed by atoms with E-state index < -0.39 is 0 Å². The molecule has 0 radical (unpaired) electrons. The fourth-order valence-corrected chi connectivity index (χ4v) is 3.10. The first kappa shape index (κ1) is 14.8. The third kappa shape index (κ3) is 3.13. The van der Waals surface area contributed by atoms with Crippen molar-refractivity contribution in [2.75, 3.05) is 11.9 Å². The molecule has 0 spiro atoms. The highest BCUT2D eigenvalue weighted by molar-refractivity contribution is 5.45. The molecule has 2 heterocycles. The molecule has 0 amide bonds. The first-order valence-corrected chi connectivity index (χ1v) is 8.36. The lowest BCUT2D eigenvalue weighted by Crippen LogP contribution is -2.06. The molecule has 0 saturated carbocycles. The lowest BCUT2D eigenvalue weighted by molar-refractivity contribution is 0.357. The fourth-order valence-electron chi connectivity index (χ4n) is 3.10. The number of hydrogen-bond acceptors (Lipinski definition) is 3. The van der Waals surface area contributed by atoms with Crippen molar-refractivity contribution >= 4 is 5.69 Å². The standard InChI is InChI=1S/C20H21N3O/c1-15(17-7-8-20-18(11-17)9-10-24-20)22-19-12-21-23(14-19)13-16-5-3-2-4-6-16/h2-8,11-12,14-15,22H,9-10,13H2,1H3. The van der Waals surface area contributed by atoms with Crippen LogP contribution in [0.5, 0.6) is 5.75 Å². The summed E-state index contributed by atoms with van der Waals surface area (Å²) < 4.78 is 7.54. The maximum atomic E-state index is 5.58. The van der Waals surface area contributed by atoms with Gasteiger partial charge in [-0.3, -0.25) is 4.68 Å². The number of rotatable bonds is 5. The van der Waals surface area contributed by atoms with Crippen molar-refractivity contribution < 1.29 is 4.74 Å². The van der Waals surface area contributed by atoms with E-state index in [9.17, 15) is 0 Å². The Bertz CT molecular complexity index is 826. The van der Waals surface area contributed by atoms with Gasteiger partial charge in [-0.25, -0.2) is 0 Å². The maximum Gasteiger partial charge on any atom is 0.122 e. The molecule has 0 fully saturated rings. The van der Waals surface area contributed by atoms with E-state index in [4.69, 9.17) is 4.74 Å². The van der Waals surface area contributed by atoms with Gasteiger partial charge in [0, 0.05) is 18.7 Å². The average Bonchev–Trinajstić information content (AvgIpc) is 3.24. The van der Waals surface area contributed by atoms with Crippen LogP contribution in [0.1, 0.15) is 29.7 Å². The Balaban J connectivity index is 1.43. The van der Waals surface area contributed by atoms with Crippen molar-refractivity contribution in [3.05, 3.63) is 77.6 Å². The SMILES string of the molecule is CC(Nc1cnn(Cc2ccccc2)c1)c1ccc2c(c1)CCO2. The predicted octanol–water partition coefficient (Wildman–Crippen LogP) is 4.04. The van der Waals surface area contributed by atoms with E-state index in [1.807, 2.05) is 16.9 Å². The Morgan fingerprint density at radius 3 is 2.96 bits per heavy atom. The minimum Gasteiger partial charge on any atom is -0.493 e. The van der Waals surface area contributed by atoms with Gasteiger partial charge in [0.1, 0.15) is 5.75 Å². The number of nitrogens with one attached hydrogen (secondary N) is 1. The molecule has 3 aromatic rings. The quantitative estimate of drug-likeness (QED) is 0.771. The van der Waals surface area contributed by atoms with E-state index >= 15 is 0 Å². The summed E-state index contributed by atoms with van der Waals surface area (Å²) >= 11 is 0. The van der Waals surface area contributed by atoms with Crippen LogP contribution in [-0.4, -0.2) is 16.4 Å². The summed E-state index contributed by atoms with van der Waals surface area (Å²) in [6, 6.07) is 17.1. The van der Waals surface area contributed by atoms with Gasteiger partial charge in [0.15, 0.2) is 0 Å². The molecule has 2 aromatic carbocycles. The van der Waals surface area contributed by atoms with Gasteiger partial charge in [-0.05, 0) is 35.7 Å². The molecule has 1 N–H and O–H groups in total. The van der Waals surface area contributed by atoms with E-state index in [0.29, 0.717) is 0 Å². The van der Waals surface area contributed by atoms with Gasteiger partial charge in [-0.1, -0.05) is 36.4 Å². The first-order chi connectivity index (χ1) is 11.8. The zero-order chi connectivity index (χ0) is 16.4. The van der Waals surface area contributed by atoms with Crippen molar-refractivity contribution in [2.24, 2.45) is 0 Å². The monoisotopic (exact) mass is 319 g/mol. The summed E-state index contributed by atoms with van der Waals surface area (Å²) in [6.07, 6.45) is 4.95. The molecule has 1 atom stereocenters. The molecule has 0 saturated heterocycles. The number of fused-ring (bicyclic) bond motifs is 1. The second-order valence-electron chi connectivity index (χ2n) is 6.24. The molecular formula is C20H21N3O. The van der Waals surface area contributed by atoms with E-state index in [2.05, 4.69) is 66.0 Å². The molecule has 4 heteroatoms. The van der Waals surface area contributed by atoms with Gasteiger partial charge in [0.25, 0.3) is 0 Å². The molecule has 1 aliphatic rings. The largest absolute Gasteiger partial charge is 0.493 e. The van der Waals surface area contributed by atoms with Crippen LogP contribution in [0.2, 0.25) is 0 Å². The van der Waals surface area contributed by atoms with Crippen LogP contribution in [0.25, 0.3) is 0 Å². The van der Waals surface area contributed by atoms with Crippen LogP contribution >= 0.6 is 0 Å². The number of aromatic nitrogens is 2. The highest BCUT2D eigenvalue weighted by Crippen LogP contribution is 2.29. The Labute approximate surface area is 142 Å². The topological polar surface area (TPSA) is 39.1 Å². The summed E-state index contributed by atoms with van der Waals surface area (Å²) in [5.74, 6) is 1.03. The van der Waals surface area contributed by atoms with Gasteiger partial charge in [0.05, 0.1) is 25.0 Å². The highest BCUT2D eigenvalue weighted by Gasteiger charge is 2.14. The van der Waals surface area contributed by atoms with Crippen LogP contribution in [0.3, 0.4) is 0 Å². The average molecular weight is 319 g/mol. The normalized spacial score (nSPS) is 14.0. The van der Waals surface area contributed by atoms with Crippen LogP contribution in [0.15, 0.2) is 60.9 Å². The fraction of sp³-hybridized carbons (Fsp3) is 0.250. The van der Waals surface area contributed by atoms with E-state index in [-0.39, 0.29) is 6.04 Å². The van der Waals surface area contributed by atoms with Crippen molar-refractivity contribution in [1.29, 1.82) is 0 Å². The van der Waals surface area contributed by atoms with E-state index in [0.717, 1.165) is 31.0 Å². The minimum atomic E-state index is 0.227. The molecule has 0 bridgehead atoms. The Morgan fingerprint density at radius 2 is 2.08 bits per heavy atom. The molecule has 4 rings (SSSR count). The zero-order valence-corrected chi connectivity index (χ0v) is 13.8. The Morgan fingerprint density at radius 1 is 1.21 bits per heavy atom. The first-order valence-electron chi connectivity index (χ1n) is 8.36. The number of hydrogen-bond donors (Lipinski definition) is 1. The van der Waals surface area contributed by atoms with Crippen molar-refractivity contribution in [3.8, 4) is 5.75 Å². The van der Waals surface area contributed by atoms with Gasteiger partial charge in [0.2, 0.25) is 0 Å². The number of nitrogens with zero attached hydrogens (tertiary/aromatic N) is 2. The Kier molecular flexibility index (Phi) is 3.95. The second kappa shape index (κ2) is 6.40. The summed E-state index contributed by atoms with van der Waals surface area (Å²) in [5, 5.41) is 7.98. The minimum absolute atomic E-state index is 0.227. The van der Waals surface area contributed by atoms with Crippen molar-refractivity contribution in [3.63, 3.8) is 0 Å². The third-order valence-corrected chi connectivity index (χ3v) is 4.42. The summed E-state index contributed by atoms with van der Waals surface area (Å²) in [6.45, 7) is 3.76. The summed E-state index contributed by atoms with van der Waals surface area (Å²) in [5.41, 5.74) is 4.87. The second-order valence-corrected chi connectivity index (χ2v) is 6.24. The molecular weight excluding hydrogens is 298 g/mol. The van der Waals surface area contributed by atoms with E-state index in [1.54, 1.807) is 0 Å². The van der Waals surface area contributed by atoms with Gasteiger partial charge >= 0.3 is 0 Å². The summed E-state index contributed by atoms with van der Waals surface area (Å²) in [4.78, 5) is 0. The molecule has 122 valence electrons. The van der Waals surface area contributed by atoms with Crippen molar-refractivity contribution in [2.45, 2.75) is 25.9 Å². The molecule has 4 nitrogen and oxygen atoms in total. The Hall–Kier alpha value is -2.75. The number of ether oxygens (including phenoxy) is 1. The lowest BCUT2D eigenvalue weighted by atomic mass is 10.0. The zero-order valence-electron chi connectivity index (χ0n) is 13.8. The maximum absolute atomic E-state index is 5.58. The molecule has 0 aliphatic carbocycles. The van der Waals surface area contributed by atoms with Gasteiger partial charge in [-0.2, -0.15) is 5.10 Å². The lowest BCUT2D eigenvalue weighted by Gasteiger charge is -2.15. The van der Waals surface area contributed by atoms with Crippen LogP contribution in [-0.2, 0) is 13.0 Å². The number of benzene rings is 2. The van der Waals surface area contributed by atoms with E-state index in [1.165, 1.54) is 16.7 Å². The van der Waals surface area contributed by atoms with Crippen LogP contribution in [0.4, 0.5) is 5.69 Å². The van der Waals surface area contributed by atoms with Crippen LogP contribution < -0.4 is 10.1 Å². The molecule has 24 heavy (non-hydrogen) atoms. The molecule has 1 unspecified atom stereocenters. The van der Waals surface area contributed by atoms with Crippen molar-refractivity contribution in [1.82, 2.24) is 9.78 Å². The third-order valence-electron chi connectivity index (χ3n) is 4.42. The predicted molar refractivity (Wildman–Crippen MR) is 95.4 cm³/mol. The van der Waals surface area contributed by atoms with Gasteiger partial charge < -0.3 is 10.1 Å². The molecule has 1 aliphatic heterocycles. The molecule has 1 aromatic heterocycles.